The van der Waals surface area contributed by atoms with Crippen LogP contribution in [0.1, 0.15) is 42.4 Å². The highest BCUT2D eigenvalue weighted by Crippen LogP contribution is 2.34. The second-order valence-corrected chi connectivity index (χ2v) is 6.48. The van der Waals surface area contributed by atoms with Crippen LogP contribution in [-0.4, -0.2) is 23.3 Å². The number of nitrogens with one attached hydrogen (secondary N) is 1. The predicted octanol–water partition coefficient (Wildman–Crippen LogP) is 3.16. The van der Waals surface area contributed by atoms with E-state index in [0.717, 1.165) is 44.0 Å². The van der Waals surface area contributed by atoms with Gasteiger partial charge in [-0.2, -0.15) is 5.10 Å². The van der Waals surface area contributed by atoms with E-state index in [9.17, 15) is 0 Å². The first kappa shape index (κ1) is 14.5. The van der Waals surface area contributed by atoms with Crippen molar-refractivity contribution in [1.82, 2.24) is 15.5 Å². The van der Waals surface area contributed by atoms with E-state index in [1.54, 1.807) is 0 Å². The molecule has 0 aromatic carbocycles. The topological polar surface area (TPSA) is 41.0 Å². The Morgan fingerprint density at radius 2 is 2.24 bits per heavy atom. The van der Waals surface area contributed by atoms with Gasteiger partial charge in [-0.3, -0.25) is 0 Å². The lowest BCUT2D eigenvalue weighted by atomic mass is 10.0. The Balaban J connectivity index is 1.70. The smallest absolute Gasteiger partial charge is 0.151 e. The number of aromatic nitrogens is 2. The molecule has 1 N–H and O–H groups in total. The lowest BCUT2D eigenvalue weighted by Gasteiger charge is -2.34. The Morgan fingerprint density at radius 3 is 3.00 bits per heavy atom. The van der Waals surface area contributed by atoms with Crippen molar-refractivity contribution < 1.29 is 0 Å². The molecule has 0 saturated carbocycles. The van der Waals surface area contributed by atoms with Gasteiger partial charge in [-0.15, -0.1) is 16.4 Å². The second-order valence-electron chi connectivity index (χ2n) is 5.48. The Labute approximate surface area is 130 Å². The highest BCUT2D eigenvalue weighted by molar-refractivity contribution is 7.10. The summed E-state index contributed by atoms with van der Waals surface area (Å²) in [5.41, 5.74) is 2.45. The first-order chi connectivity index (χ1) is 10.3. The maximum Gasteiger partial charge on any atom is 0.151 e. The molecule has 4 nitrogen and oxygen atoms in total. The van der Waals surface area contributed by atoms with E-state index in [-0.39, 0.29) is 0 Å². The van der Waals surface area contributed by atoms with Crippen molar-refractivity contribution >= 4 is 17.2 Å². The highest BCUT2D eigenvalue weighted by Gasteiger charge is 2.25. The first-order valence-electron chi connectivity index (χ1n) is 7.66. The van der Waals surface area contributed by atoms with Crippen molar-refractivity contribution in [3.63, 3.8) is 0 Å². The van der Waals surface area contributed by atoms with Gasteiger partial charge in [0.05, 0.1) is 11.7 Å². The van der Waals surface area contributed by atoms with Gasteiger partial charge in [-0.25, -0.2) is 0 Å². The molecule has 2 aromatic heterocycles. The predicted molar refractivity (Wildman–Crippen MR) is 87.8 cm³/mol. The summed E-state index contributed by atoms with van der Waals surface area (Å²) < 4.78 is 0. The average Bonchev–Trinajstić information content (AvgIpc) is 2.98. The van der Waals surface area contributed by atoms with Crippen LogP contribution in [0.15, 0.2) is 23.6 Å². The molecule has 1 aliphatic rings. The summed E-state index contributed by atoms with van der Waals surface area (Å²) in [5.74, 6) is 0.985. The Kier molecular flexibility index (Phi) is 4.51. The van der Waals surface area contributed by atoms with Crippen LogP contribution in [0.5, 0.6) is 0 Å². The lowest BCUT2D eigenvalue weighted by molar-refractivity contribution is 0.614. The van der Waals surface area contributed by atoms with Gasteiger partial charge < -0.3 is 10.2 Å². The number of thiophene rings is 1. The quantitative estimate of drug-likeness (QED) is 0.861. The summed E-state index contributed by atoms with van der Waals surface area (Å²) in [6.45, 7) is 7.26. The molecule has 21 heavy (non-hydrogen) atoms. The summed E-state index contributed by atoms with van der Waals surface area (Å²) in [6, 6.07) is 6.82. The molecule has 112 valence electrons. The Hall–Kier alpha value is -1.46. The number of hydrogen-bond acceptors (Lipinski definition) is 5. The summed E-state index contributed by atoms with van der Waals surface area (Å²) in [5, 5.41) is 14.3. The van der Waals surface area contributed by atoms with Crippen molar-refractivity contribution in [1.29, 1.82) is 0 Å². The standard InChI is InChI=1S/C16H22N4S/c1-3-8-17-11-13-4-5-16(19-18-13)20-9-6-15-14(12(20)2)7-10-21-15/h4-5,7,10,12,17H,3,6,8-9,11H2,1-2H3. The van der Waals surface area contributed by atoms with Crippen molar-refractivity contribution in [3.05, 3.63) is 39.7 Å². The van der Waals surface area contributed by atoms with Gasteiger partial charge in [0.15, 0.2) is 5.82 Å². The zero-order valence-corrected chi connectivity index (χ0v) is 13.5. The molecule has 0 spiro atoms. The summed E-state index contributed by atoms with van der Waals surface area (Å²) in [4.78, 5) is 3.87. The van der Waals surface area contributed by atoms with E-state index >= 15 is 0 Å². The van der Waals surface area contributed by atoms with Crippen LogP contribution in [-0.2, 0) is 13.0 Å². The molecule has 0 fully saturated rings. The maximum atomic E-state index is 4.43. The van der Waals surface area contributed by atoms with Crippen LogP contribution in [0.4, 0.5) is 5.82 Å². The summed E-state index contributed by atoms with van der Waals surface area (Å²) in [6.07, 6.45) is 2.25. The van der Waals surface area contributed by atoms with Crippen LogP contribution in [0.2, 0.25) is 0 Å². The maximum absolute atomic E-state index is 4.43. The van der Waals surface area contributed by atoms with E-state index in [1.165, 1.54) is 10.4 Å². The van der Waals surface area contributed by atoms with Crippen LogP contribution < -0.4 is 10.2 Å². The molecule has 0 saturated heterocycles. The van der Waals surface area contributed by atoms with Gasteiger partial charge in [0.25, 0.3) is 0 Å². The molecule has 3 rings (SSSR count). The minimum absolute atomic E-state index is 0.387. The Morgan fingerprint density at radius 1 is 1.33 bits per heavy atom. The molecule has 1 atom stereocenters. The number of anilines is 1. The van der Waals surface area contributed by atoms with Gasteiger partial charge in [-0.1, -0.05) is 6.92 Å². The first-order valence-corrected chi connectivity index (χ1v) is 8.53. The minimum Gasteiger partial charge on any atom is -0.348 e. The molecule has 1 aliphatic heterocycles. The number of nitrogens with zero attached hydrogens (tertiary/aromatic N) is 3. The molecule has 0 bridgehead atoms. The Bertz CT molecular complexity index is 578. The number of hydrogen-bond donors (Lipinski definition) is 1. The largest absolute Gasteiger partial charge is 0.348 e. The molecule has 5 heteroatoms. The van der Waals surface area contributed by atoms with Crippen molar-refractivity contribution in [2.75, 3.05) is 18.0 Å². The summed E-state index contributed by atoms with van der Waals surface area (Å²) >= 11 is 1.87. The van der Waals surface area contributed by atoms with Crippen molar-refractivity contribution in [2.24, 2.45) is 0 Å². The van der Waals surface area contributed by atoms with Crippen LogP contribution in [0, 0.1) is 0 Å². The second kappa shape index (κ2) is 6.54. The van der Waals surface area contributed by atoms with Gasteiger partial charge in [0, 0.05) is 18.0 Å². The van der Waals surface area contributed by atoms with Gasteiger partial charge in [-0.05, 0) is 55.5 Å². The summed E-state index contributed by atoms with van der Waals surface area (Å²) in [7, 11) is 0. The highest BCUT2D eigenvalue weighted by atomic mass is 32.1. The molecule has 0 aliphatic carbocycles. The zero-order chi connectivity index (χ0) is 14.7. The minimum atomic E-state index is 0.387. The third-order valence-corrected chi connectivity index (χ3v) is 5.01. The molecular weight excluding hydrogens is 280 g/mol. The van der Waals surface area contributed by atoms with Crippen molar-refractivity contribution in [2.45, 2.75) is 39.3 Å². The van der Waals surface area contributed by atoms with E-state index < -0.39 is 0 Å². The van der Waals surface area contributed by atoms with Crippen LogP contribution in [0.3, 0.4) is 0 Å². The fourth-order valence-corrected chi connectivity index (χ4v) is 3.78. The lowest BCUT2D eigenvalue weighted by Crippen LogP contribution is -2.34. The monoisotopic (exact) mass is 302 g/mol. The van der Waals surface area contributed by atoms with Crippen molar-refractivity contribution in [3.8, 4) is 0 Å². The number of rotatable bonds is 5. The normalized spacial score (nSPS) is 17.8. The molecule has 1 unspecified atom stereocenters. The molecule has 2 aromatic rings. The average molecular weight is 302 g/mol. The van der Waals surface area contributed by atoms with Gasteiger partial charge in [0.1, 0.15) is 0 Å². The van der Waals surface area contributed by atoms with E-state index in [0.29, 0.717) is 6.04 Å². The van der Waals surface area contributed by atoms with E-state index in [2.05, 4.69) is 57.8 Å². The molecule has 3 heterocycles. The molecule has 0 radical (unpaired) electrons. The van der Waals surface area contributed by atoms with Gasteiger partial charge in [0.2, 0.25) is 0 Å². The number of fused-ring (bicyclic) bond motifs is 1. The fraction of sp³-hybridized carbons (Fsp3) is 0.500. The van der Waals surface area contributed by atoms with Crippen LogP contribution >= 0.6 is 11.3 Å². The molecular formula is C16H22N4S. The third-order valence-electron chi connectivity index (χ3n) is 4.01. The fourth-order valence-electron chi connectivity index (χ4n) is 2.82. The zero-order valence-electron chi connectivity index (χ0n) is 12.7. The molecule has 0 amide bonds. The SMILES string of the molecule is CCCNCc1ccc(N2CCc3sccc3C2C)nn1. The van der Waals surface area contributed by atoms with Gasteiger partial charge >= 0.3 is 0 Å². The van der Waals surface area contributed by atoms with Crippen LogP contribution in [0.25, 0.3) is 0 Å². The van der Waals surface area contributed by atoms with E-state index in [1.807, 2.05) is 11.3 Å². The van der Waals surface area contributed by atoms with E-state index in [4.69, 9.17) is 0 Å². The third kappa shape index (κ3) is 3.09.